The van der Waals surface area contributed by atoms with E-state index in [1.807, 2.05) is 0 Å². The molecule has 1 heterocycles. The van der Waals surface area contributed by atoms with Crippen molar-refractivity contribution in [2.24, 2.45) is 5.73 Å². The summed E-state index contributed by atoms with van der Waals surface area (Å²) in [5.74, 6) is 0. The summed E-state index contributed by atoms with van der Waals surface area (Å²) in [7, 11) is 0. The maximum atomic E-state index is 5.66. The first-order chi connectivity index (χ1) is 7.30. The molecule has 0 aliphatic carbocycles. The van der Waals surface area contributed by atoms with Crippen LogP contribution in [0, 0.1) is 0 Å². The molecule has 0 saturated carbocycles. The topological polar surface area (TPSA) is 35.2 Å². The average molecular weight is 223 g/mol. The van der Waals surface area contributed by atoms with Gasteiger partial charge in [-0.3, -0.25) is 0 Å². The molecular formula is C12H17NOS. The Labute approximate surface area is 95.2 Å². The fraction of sp³-hybridized carbons (Fsp3) is 0.500. The van der Waals surface area contributed by atoms with Crippen LogP contribution in [-0.4, -0.2) is 26.0 Å². The number of rotatable bonds is 4. The minimum absolute atomic E-state index is 0.200. The molecule has 0 aromatic heterocycles. The van der Waals surface area contributed by atoms with Crippen LogP contribution in [0.25, 0.3) is 0 Å². The molecule has 2 rings (SSSR count). The fourth-order valence-electron chi connectivity index (χ4n) is 2.02. The Morgan fingerprint density at radius 2 is 2.00 bits per heavy atom. The van der Waals surface area contributed by atoms with E-state index in [4.69, 9.17) is 10.5 Å². The van der Waals surface area contributed by atoms with Crippen LogP contribution < -0.4 is 5.73 Å². The molecule has 1 saturated heterocycles. The van der Waals surface area contributed by atoms with Crippen LogP contribution in [0.1, 0.15) is 12.0 Å². The van der Waals surface area contributed by atoms with Crippen molar-refractivity contribution in [3.05, 3.63) is 29.8 Å². The van der Waals surface area contributed by atoms with E-state index in [1.165, 1.54) is 10.5 Å². The third-order valence-corrected chi connectivity index (χ3v) is 3.83. The Hall–Kier alpha value is -0.510. The number of hydrogen-bond acceptors (Lipinski definition) is 3. The minimum Gasteiger partial charge on any atom is -0.379 e. The van der Waals surface area contributed by atoms with Crippen LogP contribution in [0.4, 0.5) is 0 Å². The Morgan fingerprint density at radius 1 is 1.33 bits per heavy atom. The molecule has 0 amide bonds. The second-order valence-electron chi connectivity index (χ2n) is 4.04. The lowest BCUT2D eigenvalue weighted by Gasteiger charge is -2.42. The Balaban J connectivity index is 2.19. The van der Waals surface area contributed by atoms with Gasteiger partial charge in [0, 0.05) is 10.3 Å². The second-order valence-corrected chi connectivity index (χ2v) is 4.92. The number of hydrogen-bond donors (Lipinski definition) is 1. The highest BCUT2D eigenvalue weighted by atomic mass is 32.2. The van der Waals surface area contributed by atoms with E-state index in [-0.39, 0.29) is 5.41 Å². The summed E-state index contributed by atoms with van der Waals surface area (Å²) in [6, 6.07) is 8.78. The quantitative estimate of drug-likeness (QED) is 0.793. The van der Waals surface area contributed by atoms with Crippen LogP contribution in [0.5, 0.6) is 0 Å². The van der Waals surface area contributed by atoms with Crippen LogP contribution in [0.2, 0.25) is 0 Å². The van der Waals surface area contributed by atoms with E-state index >= 15 is 0 Å². The zero-order chi connectivity index (χ0) is 10.7. The largest absolute Gasteiger partial charge is 0.379 e. The highest BCUT2D eigenvalue weighted by Crippen LogP contribution is 2.35. The van der Waals surface area contributed by atoms with Crippen LogP contribution >= 0.6 is 11.8 Å². The standard InChI is InChI=1S/C12H17NOS/c1-15-11-4-2-10(3-5-11)12(6-7-13)8-14-9-12/h2-5H,6-9,13H2,1H3. The summed E-state index contributed by atoms with van der Waals surface area (Å²) in [4.78, 5) is 1.31. The predicted molar refractivity (Wildman–Crippen MR) is 64.4 cm³/mol. The van der Waals surface area contributed by atoms with E-state index in [1.54, 1.807) is 11.8 Å². The number of ether oxygens (including phenoxy) is 1. The third-order valence-electron chi connectivity index (χ3n) is 3.08. The van der Waals surface area contributed by atoms with E-state index in [0.29, 0.717) is 0 Å². The lowest BCUT2D eigenvalue weighted by molar-refractivity contribution is -0.0631. The van der Waals surface area contributed by atoms with Crippen LogP contribution in [0.3, 0.4) is 0 Å². The summed E-state index contributed by atoms with van der Waals surface area (Å²) >= 11 is 1.77. The molecule has 2 nitrogen and oxygen atoms in total. The van der Waals surface area contributed by atoms with Gasteiger partial charge in [-0.1, -0.05) is 12.1 Å². The summed E-state index contributed by atoms with van der Waals surface area (Å²) in [5.41, 5.74) is 7.23. The van der Waals surface area contributed by atoms with Gasteiger partial charge < -0.3 is 10.5 Å². The van der Waals surface area contributed by atoms with Crippen molar-refractivity contribution in [1.82, 2.24) is 0 Å². The molecule has 1 aliphatic rings. The zero-order valence-corrected chi connectivity index (χ0v) is 9.85. The smallest absolute Gasteiger partial charge is 0.0586 e. The normalized spacial score (nSPS) is 18.5. The van der Waals surface area contributed by atoms with E-state index < -0.39 is 0 Å². The lowest BCUT2D eigenvalue weighted by Crippen LogP contribution is -2.48. The minimum atomic E-state index is 0.200. The van der Waals surface area contributed by atoms with Crippen LogP contribution in [-0.2, 0) is 10.2 Å². The first-order valence-corrected chi connectivity index (χ1v) is 6.45. The molecule has 1 aromatic carbocycles. The Bertz CT molecular complexity index is 319. The molecule has 0 bridgehead atoms. The van der Waals surface area contributed by atoms with Gasteiger partial charge in [-0.2, -0.15) is 0 Å². The van der Waals surface area contributed by atoms with E-state index in [0.717, 1.165) is 26.2 Å². The van der Waals surface area contributed by atoms with Gasteiger partial charge in [-0.15, -0.1) is 11.8 Å². The van der Waals surface area contributed by atoms with Crippen molar-refractivity contribution in [2.75, 3.05) is 26.0 Å². The summed E-state index contributed by atoms with van der Waals surface area (Å²) in [6.07, 6.45) is 3.11. The monoisotopic (exact) mass is 223 g/mol. The molecule has 2 N–H and O–H groups in total. The van der Waals surface area contributed by atoms with Crippen molar-refractivity contribution in [1.29, 1.82) is 0 Å². The molecule has 1 fully saturated rings. The van der Waals surface area contributed by atoms with E-state index in [9.17, 15) is 0 Å². The molecule has 82 valence electrons. The van der Waals surface area contributed by atoms with E-state index in [2.05, 4.69) is 30.5 Å². The number of benzene rings is 1. The maximum Gasteiger partial charge on any atom is 0.0586 e. The number of nitrogens with two attached hydrogens (primary N) is 1. The molecule has 0 atom stereocenters. The average Bonchev–Trinajstić information content (AvgIpc) is 2.24. The van der Waals surface area contributed by atoms with Gasteiger partial charge in [0.25, 0.3) is 0 Å². The summed E-state index contributed by atoms with van der Waals surface area (Å²) in [5, 5.41) is 0. The van der Waals surface area contributed by atoms with Crippen molar-refractivity contribution in [3.63, 3.8) is 0 Å². The molecule has 1 aromatic rings. The van der Waals surface area contributed by atoms with Gasteiger partial charge >= 0.3 is 0 Å². The van der Waals surface area contributed by atoms with Gasteiger partial charge in [0.2, 0.25) is 0 Å². The molecular weight excluding hydrogens is 206 g/mol. The van der Waals surface area contributed by atoms with Crippen LogP contribution in [0.15, 0.2) is 29.2 Å². The van der Waals surface area contributed by atoms with Gasteiger partial charge in [0.15, 0.2) is 0 Å². The molecule has 0 spiro atoms. The SMILES string of the molecule is CSc1ccc(C2(CCN)COC2)cc1. The highest BCUT2D eigenvalue weighted by Gasteiger charge is 2.39. The molecule has 3 heteroatoms. The molecule has 0 radical (unpaired) electrons. The summed E-state index contributed by atoms with van der Waals surface area (Å²) < 4.78 is 5.34. The predicted octanol–water partition coefficient (Wildman–Crippen LogP) is 2.03. The van der Waals surface area contributed by atoms with Gasteiger partial charge in [-0.25, -0.2) is 0 Å². The van der Waals surface area contributed by atoms with Crippen molar-refractivity contribution in [2.45, 2.75) is 16.7 Å². The Morgan fingerprint density at radius 3 is 2.40 bits per heavy atom. The molecule has 1 aliphatic heterocycles. The lowest BCUT2D eigenvalue weighted by atomic mass is 9.76. The second kappa shape index (κ2) is 4.56. The van der Waals surface area contributed by atoms with Crippen molar-refractivity contribution < 1.29 is 4.74 Å². The van der Waals surface area contributed by atoms with Crippen molar-refractivity contribution in [3.8, 4) is 0 Å². The molecule has 15 heavy (non-hydrogen) atoms. The van der Waals surface area contributed by atoms with Gasteiger partial charge in [0.1, 0.15) is 0 Å². The highest BCUT2D eigenvalue weighted by molar-refractivity contribution is 7.98. The van der Waals surface area contributed by atoms with Crippen molar-refractivity contribution >= 4 is 11.8 Å². The van der Waals surface area contributed by atoms with Gasteiger partial charge in [-0.05, 0) is 36.9 Å². The number of thioether (sulfide) groups is 1. The first kappa shape index (κ1) is 11.0. The maximum absolute atomic E-state index is 5.66. The first-order valence-electron chi connectivity index (χ1n) is 5.23. The van der Waals surface area contributed by atoms with Gasteiger partial charge in [0.05, 0.1) is 13.2 Å². The molecule has 0 unspecified atom stereocenters. The third kappa shape index (κ3) is 2.05. The Kier molecular flexibility index (Phi) is 3.34. The zero-order valence-electron chi connectivity index (χ0n) is 9.03. The summed E-state index contributed by atoms with van der Waals surface area (Å²) in [6.45, 7) is 2.37. The fourth-order valence-corrected chi connectivity index (χ4v) is 2.43.